The third-order valence-electron chi connectivity index (χ3n) is 6.33. The minimum atomic E-state index is -5.07. The number of carboxylic acid groups (broad SMARTS) is 1. The number of halogens is 3. The number of nitrogens with one attached hydrogen (secondary N) is 1. The van der Waals surface area contributed by atoms with Crippen molar-refractivity contribution in [1.82, 2.24) is 5.32 Å². The van der Waals surface area contributed by atoms with E-state index in [4.69, 9.17) is 13.9 Å². The first kappa shape index (κ1) is 26.1. The van der Waals surface area contributed by atoms with Gasteiger partial charge in [0.05, 0.1) is 16.5 Å². The summed E-state index contributed by atoms with van der Waals surface area (Å²) in [4.78, 5) is 25.3. The van der Waals surface area contributed by atoms with E-state index in [1.165, 1.54) is 24.3 Å². The number of hydrogen-bond donors (Lipinski definition) is 3. The number of rotatable bonds is 7. The summed E-state index contributed by atoms with van der Waals surface area (Å²) in [5, 5.41) is 22.7. The molecule has 0 fully saturated rings. The maximum absolute atomic E-state index is 14.2. The summed E-state index contributed by atoms with van der Waals surface area (Å²) >= 11 is 0. The predicted molar refractivity (Wildman–Crippen MR) is 134 cm³/mol. The van der Waals surface area contributed by atoms with Crippen LogP contribution in [0.15, 0.2) is 69.9 Å². The molecule has 0 aliphatic carbocycles. The van der Waals surface area contributed by atoms with Gasteiger partial charge in [0.2, 0.25) is 11.2 Å². The van der Waals surface area contributed by atoms with E-state index in [0.717, 1.165) is 11.6 Å². The monoisotopic (exact) mass is 541 g/mol. The SMILES string of the molecule is O=C(O)C(Cc1ccccc1)NCc1c(O)ccc2c(=O)c(-c3ccc4c(c3)OCCO4)c(C(F)(F)F)oc12. The zero-order valence-corrected chi connectivity index (χ0v) is 20.2. The van der Waals surface area contributed by atoms with E-state index in [0.29, 0.717) is 5.75 Å². The number of carbonyl (C=O) groups is 1. The fourth-order valence-electron chi connectivity index (χ4n) is 4.46. The van der Waals surface area contributed by atoms with Gasteiger partial charge in [-0.05, 0) is 41.8 Å². The Morgan fingerprint density at radius 3 is 2.41 bits per heavy atom. The molecule has 0 amide bonds. The van der Waals surface area contributed by atoms with Crippen molar-refractivity contribution in [3.05, 3.63) is 87.8 Å². The van der Waals surface area contributed by atoms with Crippen molar-refractivity contribution in [1.29, 1.82) is 0 Å². The van der Waals surface area contributed by atoms with Crippen molar-refractivity contribution in [3.8, 4) is 28.4 Å². The largest absolute Gasteiger partial charge is 0.507 e. The van der Waals surface area contributed by atoms with Crippen molar-refractivity contribution in [3.63, 3.8) is 0 Å². The summed E-state index contributed by atoms with van der Waals surface area (Å²) < 4.78 is 58.9. The topological polar surface area (TPSA) is 118 Å². The quantitative estimate of drug-likeness (QED) is 0.307. The number of benzene rings is 3. The van der Waals surface area contributed by atoms with E-state index >= 15 is 0 Å². The molecule has 0 radical (unpaired) electrons. The zero-order chi connectivity index (χ0) is 27.7. The van der Waals surface area contributed by atoms with Crippen LogP contribution in [0.3, 0.4) is 0 Å². The maximum Gasteiger partial charge on any atom is 0.450 e. The van der Waals surface area contributed by atoms with Crippen LogP contribution in [0.25, 0.3) is 22.1 Å². The average Bonchev–Trinajstić information content (AvgIpc) is 2.91. The van der Waals surface area contributed by atoms with Gasteiger partial charge in [0.15, 0.2) is 11.5 Å². The molecule has 39 heavy (non-hydrogen) atoms. The molecule has 11 heteroatoms. The number of hydrogen-bond acceptors (Lipinski definition) is 7. The van der Waals surface area contributed by atoms with Crippen LogP contribution in [0.1, 0.15) is 16.9 Å². The van der Waals surface area contributed by atoms with Crippen molar-refractivity contribution in [2.75, 3.05) is 13.2 Å². The Balaban J connectivity index is 1.59. The third kappa shape index (κ3) is 5.26. The second kappa shape index (κ2) is 10.3. The lowest BCUT2D eigenvalue weighted by molar-refractivity contribution is -0.152. The Labute approximate surface area is 219 Å². The van der Waals surface area contributed by atoms with Gasteiger partial charge in [0.25, 0.3) is 0 Å². The smallest absolute Gasteiger partial charge is 0.450 e. The molecule has 4 aromatic rings. The lowest BCUT2D eigenvalue weighted by atomic mass is 9.99. The van der Waals surface area contributed by atoms with Gasteiger partial charge in [0.1, 0.15) is 30.6 Å². The van der Waals surface area contributed by atoms with Gasteiger partial charge in [-0.25, -0.2) is 0 Å². The van der Waals surface area contributed by atoms with Crippen LogP contribution in [0.4, 0.5) is 13.2 Å². The van der Waals surface area contributed by atoms with Crippen LogP contribution in [-0.4, -0.2) is 35.4 Å². The highest BCUT2D eigenvalue weighted by Gasteiger charge is 2.40. The fraction of sp³-hybridized carbons (Fsp3) is 0.214. The first-order chi connectivity index (χ1) is 18.6. The van der Waals surface area contributed by atoms with Gasteiger partial charge in [-0.2, -0.15) is 13.2 Å². The standard InChI is InChI=1S/C28H22F3NO7/c29-28(30,31)26-23(16-6-9-21-22(13-16)38-11-10-37-21)24(34)17-7-8-20(33)18(25(17)39-26)14-32-19(27(35)36)12-15-4-2-1-3-5-15/h1-9,13,19,32-33H,10-12,14H2,(H,35,36). The molecule has 1 atom stereocenters. The van der Waals surface area contributed by atoms with Crippen molar-refractivity contribution >= 4 is 16.9 Å². The molecule has 5 rings (SSSR count). The van der Waals surface area contributed by atoms with Crippen molar-refractivity contribution in [2.45, 2.75) is 25.2 Å². The number of aromatic hydroxyl groups is 1. The number of fused-ring (bicyclic) bond motifs is 2. The molecule has 1 unspecified atom stereocenters. The van der Waals surface area contributed by atoms with Gasteiger partial charge in [0, 0.05) is 6.54 Å². The number of aliphatic carboxylic acids is 1. The maximum atomic E-state index is 14.2. The van der Waals surface area contributed by atoms with E-state index in [2.05, 4.69) is 5.32 Å². The van der Waals surface area contributed by atoms with E-state index < -0.39 is 46.3 Å². The minimum Gasteiger partial charge on any atom is -0.507 e. The van der Waals surface area contributed by atoms with Gasteiger partial charge >= 0.3 is 12.1 Å². The first-order valence-corrected chi connectivity index (χ1v) is 11.9. The fourth-order valence-corrected chi connectivity index (χ4v) is 4.46. The molecule has 1 aliphatic heterocycles. The molecule has 1 aliphatic rings. The second-order valence-corrected chi connectivity index (χ2v) is 8.89. The summed E-state index contributed by atoms with van der Waals surface area (Å²) in [6, 6.07) is 13.9. The molecule has 2 heterocycles. The summed E-state index contributed by atoms with van der Waals surface area (Å²) in [5.41, 5.74) is -1.73. The average molecular weight is 541 g/mol. The van der Waals surface area contributed by atoms with Gasteiger partial charge in [-0.1, -0.05) is 36.4 Å². The molecule has 0 saturated carbocycles. The zero-order valence-electron chi connectivity index (χ0n) is 20.2. The van der Waals surface area contributed by atoms with Crippen LogP contribution >= 0.6 is 0 Å². The Hall–Kier alpha value is -4.51. The van der Waals surface area contributed by atoms with Gasteiger partial charge in [-0.3, -0.25) is 14.9 Å². The molecule has 1 aromatic heterocycles. The highest BCUT2D eigenvalue weighted by atomic mass is 19.4. The molecule has 202 valence electrons. The van der Waals surface area contributed by atoms with Crippen LogP contribution in [0, 0.1) is 0 Å². The molecular weight excluding hydrogens is 519 g/mol. The number of alkyl halides is 3. The highest BCUT2D eigenvalue weighted by molar-refractivity contribution is 5.87. The summed E-state index contributed by atoms with van der Waals surface area (Å²) in [7, 11) is 0. The molecule has 0 bridgehead atoms. The van der Waals surface area contributed by atoms with E-state index in [1.807, 2.05) is 0 Å². The van der Waals surface area contributed by atoms with E-state index in [-0.39, 0.29) is 48.4 Å². The number of ether oxygens (including phenoxy) is 2. The number of phenolic OH excluding ortho intramolecular Hbond substituents is 1. The van der Waals surface area contributed by atoms with Crippen LogP contribution in [0.5, 0.6) is 17.2 Å². The Bertz CT molecular complexity index is 1600. The van der Waals surface area contributed by atoms with E-state index in [9.17, 15) is 33.0 Å². The van der Waals surface area contributed by atoms with Crippen LogP contribution in [0.2, 0.25) is 0 Å². The lowest BCUT2D eigenvalue weighted by Crippen LogP contribution is -2.38. The molecule has 8 nitrogen and oxygen atoms in total. The first-order valence-electron chi connectivity index (χ1n) is 11.9. The summed E-state index contributed by atoms with van der Waals surface area (Å²) in [5.74, 6) is -2.67. The molecule has 0 spiro atoms. The Kier molecular flexibility index (Phi) is 6.92. The molecule has 0 saturated heterocycles. The Morgan fingerprint density at radius 2 is 1.72 bits per heavy atom. The molecule has 3 N–H and O–H groups in total. The Morgan fingerprint density at radius 1 is 1.00 bits per heavy atom. The summed E-state index contributed by atoms with van der Waals surface area (Å²) in [6.07, 6.45) is -4.99. The summed E-state index contributed by atoms with van der Waals surface area (Å²) in [6.45, 7) is 0.107. The minimum absolute atomic E-state index is 0.0771. The third-order valence-corrected chi connectivity index (χ3v) is 6.33. The lowest BCUT2D eigenvalue weighted by Gasteiger charge is -2.20. The number of carboxylic acids is 1. The van der Waals surface area contributed by atoms with Crippen molar-refractivity contribution < 1.29 is 42.1 Å². The van der Waals surface area contributed by atoms with Crippen LogP contribution in [-0.2, 0) is 23.9 Å². The predicted octanol–water partition coefficient (Wildman–Crippen LogP) is 4.74. The number of phenols is 1. The van der Waals surface area contributed by atoms with Crippen molar-refractivity contribution in [2.24, 2.45) is 0 Å². The van der Waals surface area contributed by atoms with Crippen LogP contribution < -0.4 is 20.2 Å². The second-order valence-electron chi connectivity index (χ2n) is 8.89. The van der Waals surface area contributed by atoms with Gasteiger partial charge in [-0.15, -0.1) is 0 Å². The molecular formula is C28H22F3NO7. The van der Waals surface area contributed by atoms with E-state index in [1.54, 1.807) is 30.3 Å². The molecule has 3 aromatic carbocycles. The highest BCUT2D eigenvalue weighted by Crippen LogP contribution is 2.41. The normalized spacial score (nSPS) is 13.8. The van der Waals surface area contributed by atoms with Gasteiger partial charge < -0.3 is 24.1 Å².